The second-order valence-corrected chi connectivity index (χ2v) is 6.51. The predicted octanol–water partition coefficient (Wildman–Crippen LogP) is 3.03. The van der Waals surface area contributed by atoms with Gasteiger partial charge in [-0.05, 0) is 31.5 Å². The third-order valence-electron chi connectivity index (χ3n) is 4.39. The van der Waals surface area contributed by atoms with Crippen molar-refractivity contribution < 1.29 is 23.3 Å². The molecule has 0 aliphatic rings. The zero-order valence-corrected chi connectivity index (χ0v) is 18.1. The average molecular weight is 419 g/mol. The molecule has 0 fully saturated rings. The summed E-state index contributed by atoms with van der Waals surface area (Å²) in [5.41, 5.74) is 0.987. The fraction of sp³-hybridized carbons (Fsp3) is 0.409. The molecule has 0 spiro atoms. The minimum atomic E-state index is -0.323. The van der Waals surface area contributed by atoms with Crippen molar-refractivity contribution in [2.24, 2.45) is 4.99 Å². The lowest BCUT2D eigenvalue weighted by Gasteiger charge is -2.18. The first-order valence-electron chi connectivity index (χ1n) is 9.67. The molecule has 2 N–H and O–H groups in total. The molecule has 7 nitrogen and oxygen atoms in total. The number of aliphatic imine (C=N–C) groups is 1. The number of hydrogen-bond acceptors (Lipinski definition) is 5. The Hall–Kier alpha value is -3.16. The fourth-order valence-electron chi connectivity index (χ4n) is 2.95. The third kappa shape index (κ3) is 6.43. The third-order valence-corrected chi connectivity index (χ3v) is 4.39. The van der Waals surface area contributed by atoms with Crippen molar-refractivity contribution in [3.8, 4) is 23.0 Å². The van der Waals surface area contributed by atoms with Crippen molar-refractivity contribution in [1.29, 1.82) is 0 Å². The van der Waals surface area contributed by atoms with Crippen LogP contribution in [0.15, 0.2) is 41.4 Å². The van der Waals surface area contributed by atoms with E-state index < -0.39 is 0 Å². The Bertz CT molecular complexity index is 845. The predicted molar refractivity (Wildman–Crippen MR) is 116 cm³/mol. The number of hydrogen-bond donors (Lipinski definition) is 2. The molecule has 0 aliphatic heterocycles. The Labute approximate surface area is 177 Å². The number of guanidine groups is 1. The summed E-state index contributed by atoms with van der Waals surface area (Å²) in [4.78, 5) is 4.22. The van der Waals surface area contributed by atoms with Crippen LogP contribution in [0.25, 0.3) is 0 Å². The molecule has 0 saturated heterocycles. The molecule has 0 bridgehead atoms. The topological polar surface area (TPSA) is 73.3 Å². The van der Waals surface area contributed by atoms with Gasteiger partial charge in [-0.2, -0.15) is 0 Å². The lowest BCUT2D eigenvalue weighted by molar-refractivity contribution is 0.223. The maximum atomic E-state index is 13.3. The summed E-state index contributed by atoms with van der Waals surface area (Å²) in [5.74, 6) is 2.66. The Morgan fingerprint density at radius 2 is 1.80 bits per heavy atom. The standard InChI is InChI=1S/C22H30FN3O4/c1-15(30-18-8-6-7-17(23)13-18)14-26-22(24-2)25-12-11-16-9-10-19(27-3)21(29-5)20(16)28-4/h6-10,13,15H,11-12,14H2,1-5H3,(H2,24,25,26). The van der Waals surface area contributed by atoms with E-state index in [1.54, 1.807) is 40.5 Å². The zero-order chi connectivity index (χ0) is 21.9. The molecule has 30 heavy (non-hydrogen) atoms. The van der Waals surface area contributed by atoms with Gasteiger partial charge in [-0.3, -0.25) is 4.99 Å². The molecule has 0 saturated carbocycles. The summed E-state index contributed by atoms with van der Waals surface area (Å²) >= 11 is 0. The number of ether oxygens (including phenoxy) is 4. The van der Waals surface area contributed by atoms with Crippen LogP contribution < -0.4 is 29.6 Å². The van der Waals surface area contributed by atoms with Crippen LogP contribution in [0.5, 0.6) is 23.0 Å². The highest BCUT2D eigenvalue weighted by atomic mass is 19.1. The first kappa shape index (κ1) is 23.1. The molecule has 0 aliphatic carbocycles. The molecule has 2 aromatic carbocycles. The molecule has 1 atom stereocenters. The highest BCUT2D eigenvalue weighted by molar-refractivity contribution is 5.79. The highest BCUT2D eigenvalue weighted by Crippen LogP contribution is 2.39. The summed E-state index contributed by atoms with van der Waals surface area (Å²) in [7, 11) is 6.48. The lowest BCUT2D eigenvalue weighted by atomic mass is 10.1. The molecule has 0 heterocycles. The van der Waals surface area contributed by atoms with Crippen LogP contribution >= 0.6 is 0 Å². The molecule has 2 aromatic rings. The number of benzene rings is 2. The Balaban J connectivity index is 1.86. The van der Waals surface area contributed by atoms with Gasteiger partial charge < -0.3 is 29.6 Å². The highest BCUT2D eigenvalue weighted by Gasteiger charge is 2.15. The average Bonchev–Trinajstić information content (AvgIpc) is 2.75. The summed E-state index contributed by atoms with van der Waals surface area (Å²) in [6.45, 7) is 3.04. The van der Waals surface area contributed by atoms with Crippen LogP contribution in [0.3, 0.4) is 0 Å². The molecular formula is C22H30FN3O4. The Morgan fingerprint density at radius 1 is 1.03 bits per heavy atom. The first-order valence-corrected chi connectivity index (χ1v) is 9.67. The van der Waals surface area contributed by atoms with Gasteiger partial charge in [0.15, 0.2) is 17.5 Å². The number of methoxy groups -OCH3 is 3. The van der Waals surface area contributed by atoms with Crippen molar-refractivity contribution in [1.82, 2.24) is 10.6 Å². The summed E-state index contributed by atoms with van der Waals surface area (Å²) in [5, 5.41) is 6.46. The molecule has 1 unspecified atom stereocenters. The van der Waals surface area contributed by atoms with Crippen molar-refractivity contribution in [2.75, 3.05) is 41.5 Å². The van der Waals surface area contributed by atoms with Crippen LogP contribution in [0.2, 0.25) is 0 Å². The van der Waals surface area contributed by atoms with Crippen LogP contribution in [0.4, 0.5) is 4.39 Å². The number of nitrogens with zero attached hydrogens (tertiary/aromatic N) is 1. The van der Waals surface area contributed by atoms with Gasteiger partial charge in [0.25, 0.3) is 0 Å². The van der Waals surface area contributed by atoms with E-state index >= 15 is 0 Å². The summed E-state index contributed by atoms with van der Waals surface area (Å²) in [6.07, 6.45) is 0.524. The molecular weight excluding hydrogens is 389 g/mol. The van der Waals surface area contributed by atoms with E-state index in [0.29, 0.717) is 48.5 Å². The van der Waals surface area contributed by atoms with E-state index in [2.05, 4.69) is 15.6 Å². The molecule has 0 aromatic heterocycles. The van der Waals surface area contributed by atoms with Crippen molar-refractivity contribution >= 4 is 5.96 Å². The van der Waals surface area contributed by atoms with Crippen molar-refractivity contribution in [3.05, 3.63) is 47.8 Å². The second kappa shape index (κ2) is 11.7. The van der Waals surface area contributed by atoms with Crippen LogP contribution in [-0.4, -0.2) is 53.5 Å². The maximum absolute atomic E-state index is 13.3. The van der Waals surface area contributed by atoms with Gasteiger partial charge in [0.2, 0.25) is 5.75 Å². The normalized spacial score (nSPS) is 12.1. The van der Waals surface area contributed by atoms with Gasteiger partial charge in [0.1, 0.15) is 17.7 Å². The summed E-state index contributed by atoms with van der Waals surface area (Å²) < 4.78 is 35.2. The van der Waals surface area contributed by atoms with Gasteiger partial charge >= 0.3 is 0 Å². The van der Waals surface area contributed by atoms with Gasteiger partial charge in [0.05, 0.1) is 27.9 Å². The Morgan fingerprint density at radius 3 is 2.43 bits per heavy atom. The van der Waals surface area contributed by atoms with Crippen LogP contribution in [0.1, 0.15) is 12.5 Å². The molecule has 164 valence electrons. The second-order valence-electron chi connectivity index (χ2n) is 6.51. The SMILES string of the molecule is CN=C(NCCc1ccc(OC)c(OC)c1OC)NCC(C)Oc1cccc(F)c1. The van der Waals surface area contributed by atoms with E-state index in [1.165, 1.54) is 12.1 Å². The van der Waals surface area contributed by atoms with E-state index in [4.69, 9.17) is 18.9 Å². The minimum Gasteiger partial charge on any atom is -0.493 e. The zero-order valence-electron chi connectivity index (χ0n) is 18.1. The van der Waals surface area contributed by atoms with Gasteiger partial charge in [-0.25, -0.2) is 4.39 Å². The molecule has 2 rings (SSSR count). The fourth-order valence-corrected chi connectivity index (χ4v) is 2.95. The molecule has 8 heteroatoms. The monoisotopic (exact) mass is 419 g/mol. The summed E-state index contributed by atoms with van der Waals surface area (Å²) in [6, 6.07) is 9.90. The maximum Gasteiger partial charge on any atom is 0.203 e. The largest absolute Gasteiger partial charge is 0.493 e. The number of nitrogens with one attached hydrogen (secondary N) is 2. The van der Waals surface area contributed by atoms with E-state index in [1.807, 2.05) is 19.1 Å². The van der Waals surface area contributed by atoms with E-state index in [0.717, 1.165) is 5.56 Å². The van der Waals surface area contributed by atoms with Crippen LogP contribution in [-0.2, 0) is 6.42 Å². The van der Waals surface area contributed by atoms with Crippen molar-refractivity contribution in [3.63, 3.8) is 0 Å². The van der Waals surface area contributed by atoms with Crippen LogP contribution in [0, 0.1) is 5.82 Å². The smallest absolute Gasteiger partial charge is 0.203 e. The van der Waals surface area contributed by atoms with Gasteiger partial charge in [-0.1, -0.05) is 12.1 Å². The van der Waals surface area contributed by atoms with Crippen molar-refractivity contribution in [2.45, 2.75) is 19.4 Å². The number of rotatable bonds is 10. The quantitative estimate of drug-likeness (QED) is 0.456. The lowest BCUT2D eigenvalue weighted by Crippen LogP contribution is -2.42. The van der Waals surface area contributed by atoms with Gasteiger partial charge in [0, 0.05) is 25.2 Å². The van der Waals surface area contributed by atoms with Gasteiger partial charge in [-0.15, -0.1) is 0 Å². The van der Waals surface area contributed by atoms with E-state index in [-0.39, 0.29) is 11.9 Å². The minimum absolute atomic E-state index is 0.170. The van der Waals surface area contributed by atoms with E-state index in [9.17, 15) is 4.39 Å². The first-order chi connectivity index (χ1) is 14.5. The Kier molecular flexibility index (Phi) is 9.05. The molecule has 0 amide bonds. The molecule has 0 radical (unpaired) electrons. The number of halogens is 1.